The number of hydrogen-bond donors (Lipinski definition) is 0. The highest BCUT2D eigenvalue weighted by Crippen LogP contribution is 2.47. The first kappa shape index (κ1) is 26.6. The highest BCUT2D eigenvalue weighted by Gasteiger charge is 2.30. The van der Waals surface area contributed by atoms with E-state index in [-0.39, 0.29) is 25.4 Å². The fraction of sp³-hybridized carbons (Fsp3) is 0.478. The Morgan fingerprint density at radius 3 is 1.79 bits per heavy atom. The molecule has 0 amide bonds. The smallest absolute Gasteiger partial charge is 0.264 e. The van der Waals surface area contributed by atoms with Gasteiger partial charge in [0.05, 0.1) is 50.5 Å². The molecule has 2 aromatic rings. The van der Waals surface area contributed by atoms with E-state index in [0.29, 0.717) is 28.7 Å². The van der Waals surface area contributed by atoms with Crippen molar-refractivity contribution >= 4 is 32.7 Å². The summed E-state index contributed by atoms with van der Waals surface area (Å²) >= 11 is 2.17. The standard InChI is InChI=1S/C23H29IO9S/c1-27-19-11-14(10-16(24)22(19)31-8-9-32-34(5,25)26)17-6-7-18(33-17)15-12-20(28-2)23(30-4)21(13-15)29-3/h10-13,17-18H,6-9H2,1-5H3/t17-,18-/m0/s1. The molecule has 0 aromatic heterocycles. The topological polar surface area (TPSA) is 98.8 Å². The molecule has 1 aliphatic rings. The van der Waals surface area contributed by atoms with E-state index in [1.54, 1.807) is 28.4 Å². The molecule has 1 saturated heterocycles. The Bertz CT molecular complexity index is 1080. The molecule has 0 unspecified atom stereocenters. The molecule has 0 aliphatic carbocycles. The lowest BCUT2D eigenvalue weighted by atomic mass is 10.0. The Balaban J connectivity index is 1.76. The third-order valence-electron chi connectivity index (χ3n) is 5.33. The minimum atomic E-state index is -3.52. The number of rotatable bonds is 11. The molecule has 9 nitrogen and oxygen atoms in total. The molecule has 2 aromatic carbocycles. The third-order valence-corrected chi connectivity index (χ3v) is 6.73. The van der Waals surface area contributed by atoms with E-state index in [1.165, 1.54) is 0 Å². The van der Waals surface area contributed by atoms with Gasteiger partial charge in [0.15, 0.2) is 23.0 Å². The van der Waals surface area contributed by atoms with Crippen molar-refractivity contribution in [1.29, 1.82) is 0 Å². The van der Waals surface area contributed by atoms with Crippen LogP contribution in [0, 0.1) is 3.57 Å². The highest BCUT2D eigenvalue weighted by molar-refractivity contribution is 14.1. The maximum Gasteiger partial charge on any atom is 0.264 e. The molecular formula is C23H29IO9S. The lowest BCUT2D eigenvalue weighted by Crippen LogP contribution is -2.12. The minimum Gasteiger partial charge on any atom is -0.493 e. The van der Waals surface area contributed by atoms with Crippen molar-refractivity contribution in [3.63, 3.8) is 0 Å². The Kier molecular flexibility index (Phi) is 9.13. The van der Waals surface area contributed by atoms with Crippen LogP contribution in [-0.2, 0) is 19.0 Å². The lowest BCUT2D eigenvalue weighted by molar-refractivity contribution is 0.0436. The number of methoxy groups -OCH3 is 4. The largest absolute Gasteiger partial charge is 0.493 e. The molecule has 34 heavy (non-hydrogen) atoms. The zero-order valence-corrected chi connectivity index (χ0v) is 22.7. The Morgan fingerprint density at radius 1 is 0.824 bits per heavy atom. The first-order chi connectivity index (χ1) is 16.2. The van der Waals surface area contributed by atoms with Gasteiger partial charge in [-0.15, -0.1) is 0 Å². The van der Waals surface area contributed by atoms with E-state index in [0.717, 1.165) is 33.8 Å². The minimum absolute atomic E-state index is 0.0713. The summed E-state index contributed by atoms with van der Waals surface area (Å²) in [6.07, 6.45) is 2.38. The second-order valence-corrected chi connectivity index (χ2v) is 10.4. The van der Waals surface area contributed by atoms with Crippen LogP contribution in [0.25, 0.3) is 0 Å². The van der Waals surface area contributed by atoms with E-state index in [9.17, 15) is 8.42 Å². The third kappa shape index (κ3) is 6.37. The average Bonchev–Trinajstić information content (AvgIpc) is 3.31. The van der Waals surface area contributed by atoms with E-state index in [4.69, 9.17) is 32.6 Å². The molecule has 1 aliphatic heterocycles. The first-order valence-electron chi connectivity index (χ1n) is 10.5. The van der Waals surface area contributed by atoms with Crippen molar-refractivity contribution in [3.8, 4) is 28.7 Å². The van der Waals surface area contributed by atoms with Crippen molar-refractivity contribution in [2.45, 2.75) is 25.0 Å². The van der Waals surface area contributed by atoms with E-state index < -0.39 is 10.1 Å². The fourth-order valence-corrected chi connectivity index (χ4v) is 4.96. The summed E-state index contributed by atoms with van der Waals surface area (Å²) in [7, 11) is 2.79. The predicted molar refractivity (Wildman–Crippen MR) is 134 cm³/mol. The van der Waals surface area contributed by atoms with Crippen molar-refractivity contribution in [1.82, 2.24) is 0 Å². The van der Waals surface area contributed by atoms with Gasteiger partial charge in [-0.3, -0.25) is 4.18 Å². The van der Waals surface area contributed by atoms with Gasteiger partial charge in [0.25, 0.3) is 10.1 Å². The Hall–Kier alpha value is -1.96. The van der Waals surface area contributed by atoms with E-state index >= 15 is 0 Å². The summed E-state index contributed by atoms with van der Waals surface area (Å²) in [5.41, 5.74) is 1.92. The number of benzene rings is 2. The van der Waals surface area contributed by atoms with E-state index in [1.807, 2.05) is 24.3 Å². The van der Waals surface area contributed by atoms with Gasteiger partial charge in [-0.05, 0) is 70.8 Å². The SMILES string of the molecule is COc1cc([C@@H]2CC[C@@H](c3cc(OC)c(OC)c(OC)c3)O2)cc(I)c1OCCOS(C)(=O)=O. The number of ether oxygens (including phenoxy) is 6. The molecule has 11 heteroatoms. The van der Waals surface area contributed by atoms with Crippen LogP contribution >= 0.6 is 22.6 Å². The van der Waals surface area contributed by atoms with Crippen LogP contribution in [0.3, 0.4) is 0 Å². The molecular weight excluding hydrogens is 579 g/mol. The summed E-state index contributed by atoms with van der Waals surface area (Å²) in [6.45, 7) is -0.00998. The molecule has 188 valence electrons. The molecule has 3 rings (SSSR count). The number of halogens is 1. The molecule has 0 N–H and O–H groups in total. The van der Waals surface area contributed by atoms with Crippen LogP contribution in [0.1, 0.15) is 36.2 Å². The second-order valence-electron chi connectivity index (χ2n) is 7.56. The molecule has 0 radical (unpaired) electrons. The summed E-state index contributed by atoms with van der Waals surface area (Å²) in [4.78, 5) is 0. The van der Waals surface area contributed by atoms with Crippen LogP contribution in [0.5, 0.6) is 28.7 Å². The van der Waals surface area contributed by atoms with E-state index in [2.05, 4.69) is 22.6 Å². The van der Waals surface area contributed by atoms with Gasteiger partial charge < -0.3 is 28.4 Å². The Labute approximate surface area is 213 Å². The normalized spacial score (nSPS) is 17.9. The van der Waals surface area contributed by atoms with Gasteiger partial charge in [0.2, 0.25) is 5.75 Å². The zero-order chi connectivity index (χ0) is 24.9. The molecule has 1 heterocycles. The van der Waals surface area contributed by atoms with Crippen molar-refractivity contribution in [2.75, 3.05) is 47.9 Å². The summed E-state index contributed by atoms with van der Waals surface area (Å²) in [5.74, 6) is 2.78. The van der Waals surface area contributed by atoms with Crippen molar-refractivity contribution in [2.24, 2.45) is 0 Å². The molecule has 0 bridgehead atoms. The van der Waals surface area contributed by atoms with Gasteiger partial charge >= 0.3 is 0 Å². The molecule has 1 fully saturated rings. The lowest BCUT2D eigenvalue weighted by Gasteiger charge is -2.19. The number of hydrogen-bond acceptors (Lipinski definition) is 9. The molecule has 0 saturated carbocycles. The van der Waals surface area contributed by atoms with Crippen molar-refractivity contribution in [3.05, 3.63) is 39.0 Å². The van der Waals surface area contributed by atoms with Crippen LogP contribution in [-0.4, -0.2) is 56.3 Å². The summed E-state index contributed by atoms with van der Waals surface area (Å²) < 4.78 is 61.8. The maximum atomic E-state index is 11.1. The van der Waals surface area contributed by atoms with Gasteiger partial charge in [-0.25, -0.2) is 0 Å². The van der Waals surface area contributed by atoms with Crippen LogP contribution in [0.2, 0.25) is 0 Å². The fourth-order valence-electron chi connectivity index (χ4n) is 3.81. The van der Waals surface area contributed by atoms with Crippen molar-refractivity contribution < 1.29 is 41.0 Å². The molecule has 0 spiro atoms. The second kappa shape index (κ2) is 11.6. The Morgan fingerprint density at radius 2 is 1.32 bits per heavy atom. The summed E-state index contributed by atoms with van der Waals surface area (Å²) in [6, 6.07) is 7.69. The van der Waals surface area contributed by atoms with Crippen LogP contribution in [0.15, 0.2) is 24.3 Å². The van der Waals surface area contributed by atoms with Gasteiger partial charge in [0, 0.05) is 0 Å². The molecule has 2 atom stereocenters. The van der Waals surface area contributed by atoms with Gasteiger partial charge in [-0.2, -0.15) is 8.42 Å². The van der Waals surface area contributed by atoms with Crippen LogP contribution < -0.4 is 23.7 Å². The monoisotopic (exact) mass is 608 g/mol. The van der Waals surface area contributed by atoms with Crippen LogP contribution in [0.4, 0.5) is 0 Å². The maximum absolute atomic E-state index is 11.1. The predicted octanol–water partition coefficient (Wildman–Crippen LogP) is 4.27. The van der Waals surface area contributed by atoms with Gasteiger partial charge in [0.1, 0.15) is 13.2 Å². The highest BCUT2D eigenvalue weighted by atomic mass is 127. The van der Waals surface area contributed by atoms with Gasteiger partial charge in [-0.1, -0.05) is 0 Å². The first-order valence-corrected chi connectivity index (χ1v) is 13.4. The quantitative estimate of drug-likeness (QED) is 0.211. The summed E-state index contributed by atoms with van der Waals surface area (Å²) in [5, 5.41) is 0. The average molecular weight is 608 g/mol. The zero-order valence-electron chi connectivity index (χ0n) is 19.8.